The Morgan fingerprint density at radius 1 is 1.00 bits per heavy atom. The first-order valence-electron chi connectivity index (χ1n) is 9.78. The molecule has 0 unspecified atom stereocenters. The van der Waals surface area contributed by atoms with Gasteiger partial charge in [0.2, 0.25) is 0 Å². The molecule has 31 heavy (non-hydrogen) atoms. The van der Waals surface area contributed by atoms with Crippen molar-refractivity contribution in [3.63, 3.8) is 0 Å². The second-order valence-electron chi connectivity index (χ2n) is 7.31. The van der Waals surface area contributed by atoms with E-state index in [1.54, 1.807) is 29.3 Å². The van der Waals surface area contributed by atoms with Crippen LogP contribution in [0.25, 0.3) is 10.9 Å². The summed E-state index contributed by atoms with van der Waals surface area (Å²) in [4.78, 5) is 17.7. The summed E-state index contributed by atoms with van der Waals surface area (Å²) >= 11 is 6.09. The van der Waals surface area contributed by atoms with E-state index in [1.807, 2.05) is 47.5 Å². The lowest BCUT2D eigenvalue weighted by Crippen LogP contribution is -2.37. The minimum Gasteiger partial charge on any atom is -0.361 e. The largest absolute Gasteiger partial charge is 0.361 e. The van der Waals surface area contributed by atoms with Crippen LogP contribution in [0.2, 0.25) is 5.02 Å². The van der Waals surface area contributed by atoms with Gasteiger partial charge in [0.15, 0.2) is 17.8 Å². The Labute approximate surface area is 183 Å². The first-order valence-corrected chi connectivity index (χ1v) is 10.2. The molecule has 3 aromatic carbocycles. The average molecular weight is 433 g/mol. The highest BCUT2D eigenvalue weighted by molar-refractivity contribution is 6.44. The number of anilines is 2. The van der Waals surface area contributed by atoms with Gasteiger partial charge in [0.25, 0.3) is 0 Å². The summed E-state index contributed by atoms with van der Waals surface area (Å²) in [5.41, 5.74) is 3.36. The molecule has 0 bridgehead atoms. The number of nitrogens with zero attached hydrogens (tertiary/aromatic N) is 3. The molecule has 0 aliphatic carbocycles. The van der Waals surface area contributed by atoms with Crippen LogP contribution >= 0.6 is 11.6 Å². The summed E-state index contributed by atoms with van der Waals surface area (Å²) < 4.78 is 13.6. The van der Waals surface area contributed by atoms with Gasteiger partial charge < -0.3 is 4.98 Å². The van der Waals surface area contributed by atoms with Crippen molar-refractivity contribution in [3.05, 3.63) is 95.4 Å². The molecule has 7 heteroatoms. The summed E-state index contributed by atoms with van der Waals surface area (Å²) in [7, 11) is 0. The van der Waals surface area contributed by atoms with Crippen molar-refractivity contribution in [1.82, 2.24) is 4.98 Å². The van der Waals surface area contributed by atoms with Crippen LogP contribution < -0.4 is 9.91 Å². The number of hydrogen-bond donors (Lipinski definition) is 1. The van der Waals surface area contributed by atoms with Gasteiger partial charge in [-0.1, -0.05) is 29.8 Å². The second-order valence-corrected chi connectivity index (χ2v) is 7.75. The number of para-hydroxylation sites is 1. The molecule has 0 fully saturated rings. The van der Waals surface area contributed by atoms with E-state index < -0.39 is 6.17 Å². The van der Waals surface area contributed by atoms with Crippen LogP contribution in [-0.4, -0.2) is 16.6 Å². The third-order valence-corrected chi connectivity index (χ3v) is 5.57. The van der Waals surface area contributed by atoms with E-state index in [1.165, 1.54) is 19.1 Å². The number of hydrogen-bond acceptors (Lipinski definition) is 4. The van der Waals surface area contributed by atoms with E-state index in [2.05, 4.69) is 10.1 Å². The zero-order valence-electron chi connectivity index (χ0n) is 16.6. The van der Waals surface area contributed by atoms with E-state index in [4.69, 9.17) is 11.6 Å². The Balaban J connectivity index is 1.73. The van der Waals surface area contributed by atoms with Gasteiger partial charge in [0, 0.05) is 40.3 Å². The first kappa shape index (κ1) is 19.3. The fraction of sp³-hybridized carbons (Fsp3) is 0.0833. The second kappa shape index (κ2) is 7.56. The first-order chi connectivity index (χ1) is 15.0. The molecule has 154 valence electrons. The molecule has 5 nitrogen and oxygen atoms in total. The van der Waals surface area contributed by atoms with Gasteiger partial charge >= 0.3 is 0 Å². The van der Waals surface area contributed by atoms with Gasteiger partial charge in [-0.15, -0.1) is 5.10 Å². The lowest BCUT2D eigenvalue weighted by Gasteiger charge is -2.31. The van der Waals surface area contributed by atoms with Crippen molar-refractivity contribution >= 4 is 45.5 Å². The molecule has 1 atom stereocenters. The standard InChI is InChI=1S/C24H18ClFN4O/c1-15(31)23-28-30(19-10-6-16(25)7-11-19)24(29(23)18-12-8-17(26)9-13-18)21-14-27-22-5-3-2-4-20(21)22/h2-14,24,27H,1H3/t24-/m0/s1. The maximum absolute atomic E-state index is 13.6. The van der Waals surface area contributed by atoms with Crippen LogP contribution in [-0.2, 0) is 4.79 Å². The van der Waals surface area contributed by atoms with E-state index in [0.717, 1.165) is 22.2 Å². The van der Waals surface area contributed by atoms with Crippen LogP contribution in [0.4, 0.5) is 15.8 Å². The van der Waals surface area contributed by atoms with Crippen LogP contribution in [0.3, 0.4) is 0 Å². The molecule has 1 N–H and O–H groups in total. The van der Waals surface area contributed by atoms with Crippen molar-refractivity contribution in [2.75, 3.05) is 9.91 Å². The number of ketones is 1. The number of nitrogens with one attached hydrogen (secondary N) is 1. The number of H-pyrrole nitrogens is 1. The number of Topliss-reactive ketones (excluding diaryl/α,β-unsaturated/α-hetero) is 1. The molecule has 0 radical (unpaired) electrons. The van der Waals surface area contributed by atoms with Gasteiger partial charge in [-0.3, -0.25) is 9.69 Å². The number of amidine groups is 1. The van der Waals surface area contributed by atoms with Gasteiger partial charge in [-0.25, -0.2) is 9.40 Å². The molecule has 0 saturated carbocycles. The van der Waals surface area contributed by atoms with Crippen molar-refractivity contribution in [2.24, 2.45) is 5.10 Å². The highest BCUT2D eigenvalue weighted by Crippen LogP contribution is 2.41. The fourth-order valence-corrected chi connectivity index (χ4v) is 4.03. The summed E-state index contributed by atoms with van der Waals surface area (Å²) in [6.45, 7) is 1.48. The highest BCUT2D eigenvalue weighted by atomic mass is 35.5. The third kappa shape index (κ3) is 3.35. The third-order valence-electron chi connectivity index (χ3n) is 5.32. The molecular weight excluding hydrogens is 415 g/mol. The van der Waals surface area contributed by atoms with Gasteiger partial charge in [0.05, 0.1) is 5.69 Å². The van der Waals surface area contributed by atoms with Crippen LogP contribution in [0.15, 0.2) is 84.1 Å². The molecule has 0 amide bonds. The Bertz CT molecular complexity index is 1300. The van der Waals surface area contributed by atoms with Gasteiger partial charge in [0.1, 0.15) is 5.82 Å². The highest BCUT2D eigenvalue weighted by Gasteiger charge is 2.40. The number of carbonyl (C=O) groups excluding carboxylic acids is 1. The monoisotopic (exact) mass is 432 g/mol. The molecule has 5 rings (SSSR count). The van der Waals surface area contributed by atoms with Gasteiger partial charge in [-0.05, 0) is 54.6 Å². The normalized spacial score (nSPS) is 16.1. The molecule has 2 heterocycles. The Kier molecular flexibility index (Phi) is 4.71. The average Bonchev–Trinajstić information content (AvgIpc) is 3.36. The Morgan fingerprint density at radius 2 is 1.68 bits per heavy atom. The van der Waals surface area contributed by atoms with Gasteiger partial charge in [-0.2, -0.15) is 0 Å². The molecule has 1 aromatic heterocycles. The number of carbonyl (C=O) groups is 1. The van der Waals surface area contributed by atoms with Crippen molar-refractivity contribution in [2.45, 2.75) is 13.1 Å². The molecule has 4 aromatic rings. The van der Waals surface area contributed by atoms with E-state index in [-0.39, 0.29) is 17.4 Å². The van der Waals surface area contributed by atoms with Crippen molar-refractivity contribution in [3.8, 4) is 0 Å². The SMILES string of the molecule is CC(=O)C1=NN(c2ccc(Cl)cc2)[C@@H](c2c[nH]c3ccccc23)N1c1ccc(F)cc1. The zero-order valence-corrected chi connectivity index (χ0v) is 17.3. The Hall–Kier alpha value is -3.64. The fourth-order valence-electron chi connectivity index (χ4n) is 3.91. The summed E-state index contributed by atoms with van der Waals surface area (Å²) in [6, 6.07) is 21.3. The smallest absolute Gasteiger partial charge is 0.198 e. The molecule has 1 aliphatic heterocycles. The maximum atomic E-state index is 13.6. The predicted molar refractivity (Wildman–Crippen MR) is 122 cm³/mol. The number of fused-ring (bicyclic) bond motifs is 1. The van der Waals surface area contributed by atoms with Crippen molar-refractivity contribution < 1.29 is 9.18 Å². The quantitative estimate of drug-likeness (QED) is 0.437. The number of halogens is 2. The number of rotatable bonds is 4. The van der Waals surface area contributed by atoms with E-state index >= 15 is 0 Å². The maximum Gasteiger partial charge on any atom is 0.198 e. The predicted octanol–water partition coefficient (Wildman–Crippen LogP) is 5.89. The minimum absolute atomic E-state index is 0.189. The summed E-state index contributed by atoms with van der Waals surface area (Å²) in [5.74, 6) is -0.259. The molecule has 0 saturated heterocycles. The van der Waals surface area contributed by atoms with Crippen LogP contribution in [0, 0.1) is 5.82 Å². The minimum atomic E-state index is -0.457. The lowest BCUT2D eigenvalue weighted by atomic mass is 10.1. The number of aromatic amines is 1. The lowest BCUT2D eigenvalue weighted by molar-refractivity contribution is -0.111. The summed E-state index contributed by atoms with van der Waals surface area (Å²) in [5, 5.41) is 8.11. The Morgan fingerprint density at radius 3 is 2.39 bits per heavy atom. The van der Waals surface area contributed by atoms with Crippen molar-refractivity contribution in [1.29, 1.82) is 0 Å². The zero-order chi connectivity index (χ0) is 21.5. The van der Waals surface area contributed by atoms with E-state index in [9.17, 15) is 9.18 Å². The molecular formula is C24H18ClFN4O. The summed E-state index contributed by atoms with van der Waals surface area (Å²) in [6.07, 6.45) is 1.47. The van der Waals surface area contributed by atoms with Crippen LogP contribution in [0.5, 0.6) is 0 Å². The molecule has 0 spiro atoms. The topological polar surface area (TPSA) is 51.7 Å². The van der Waals surface area contributed by atoms with Crippen LogP contribution in [0.1, 0.15) is 18.7 Å². The number of benzene rings is 3. The number of hydrazone groups is 1. The number of aromatic nitrogens is 1. The molecule has 1 aliphatic rings. The van der Waals surface area contributed by atoms with E-state index in [0.29, 0.717) is 10.7 Å².